The van der Waals surface area contributed by atoms with Gasteiger partial charge in [-0.05, 0) is 31.0 Å². The van der Waals surface area contributed by atoms with E-state index >= 15 is 0 Å². The number of carbonyl (C=O) groups excluding carboxylic acids is 1. The summed E-state index contributed by atoms with van der Waals surface area (Å²) in [5.74, 6) is -0.287. The molecule has 1 fully saturated rings. The SMILES string of the molecule is CC1(C)CN(C(=O)NCc2ccc(F)cc2)CCC1(C)O. The predicted molar refractivity (Wildman–Crippen MR) is 79.2 cm³/mol. The number of nitrogens with one attached hydrogen (secondary N) is 1. The first-order valence-corrected chi connectivity index (χ1v) is 7.21. The van der Waals surface area contributed by atoms with Crippen molar-refractivity contribution in [3.63, 3.8) is 0 Å². The van der Waals surface area contributed by atoms with Gasteiger partial charge in [0, 0.05) is 25.0 Å². The lowest BCUT2D eigenvalue weighted by Crippen LogP contribution is -2.58. The van der Waals surface area contributed by atoms with E-state index in [9.17, 15) is 14.3 Å². The number of urea groups is 1. The third kappa shape index (κ3) is 3.53. The zero-order chi connectivity index (χ0) is 15.7. The van der Waals surface area contributed by atoms with Gasteiger partial charge < -0.3 is 15.3 Å². The molecule has 4 nitrogen and oxygen atoms in total. The second kappa shape index (κ2) is 5.64. The van der Waals surface area contributed by atoms with Gasteiger partial charge in [-0.25, -0.2) is 9.18 Å². The third-order valence-corrected chi connectivity index (χ3v) is 4.56. The Hall–Kier alpha value is -1.62. The van der Waals surface area contributed by atoms with Gasteiger partial charge in [-0.15, -0.1) is 0 Å². The second-order valence-electron chi connectivity index (χ2n) is 6.61. The van der Waals surface area contributed by atoms with Gasteiger partial charge in [0.25, 0.3) is 0 Å². The van der Waals surface area contributed by atoms with Gasteiger partial charge in [0.15, 0.2) is 0 Å². The van der Waals surface area contributed by atoms with Crippen LogP contribution in [0.1, 0.15) is 32.8 Å². The van der Waals surface area contributed by atoms with E-state index in [0.29, 0.717) is 26.1 Å². The van der Waals surface area contributed by atoms with Gasteiger partial charge in [0.2, 0.25) is 0 Å². The maximum atomic E-state index is 12.8. The smallest absolute Gasteiger partial charge is 0.317 e. The molecule has 0 radical (unpaired) electrons. The van der Waals surface area contributed by atoms with Crippen molar-refractivity contribution in [2.45, 2.75) is 39.3 Å². The Morgan fingerprint density at radius 1 is 1.33 bits per heavy atom. The predicted octanol–water partition coefficient (Wildman–Crippen LogP) is 2.52. The van der Waals surface area contributed by atoms with Crippen molar-refractivity contribution in [2.24, 2.45) is 5.41 Å². The van der Waals surface area contributed by atoms with Crippen LogP contribution < -0.4 is 5.32 Å². The summed E-state index contributed by atoms with van der Waals surface area (Å²) >= 11 is 0. The molecule has 21 heavy (non-hydrogen) atoms. The molecule has 1 saturated heterocycles. The van der Waals surface area contributed by atoms with E-state index in [-0.39, 0.29) is 17.3 Å². The van der Waals surface area contributed by atoms with Crippen LogP contribution in [0.5, 0.6) is 0 Å². The van der Waals surface area contributed by atoms with Crippen LogP contribution in [0.25, 0.3) is 0 Å². The Morgan fingerprint density at radius 3 is 2.52 bits per heavy atom. The van der Waals surface area contributed by atoms with E-state index in [0.717, 1.165) is 5.56 Å². The van der Waals surface area contributed by atoms with E-state index in [4.69, 9.17) is 0 Å². The number of benzene rings is 1. The van der Waals surface area contributed by atoms with Crippen LogP contribution >= 0.6 is 0 Å². The van der Waals surface area contributed by atoms with Gasteiger partial charge in [-0.1, -0.05) is 26.0 Å². The number of amides is 2. The highest BCUT2D eigenvalue weighted by atomic mass is 19.1. The summed E-state index contributed by atoms with van der Waals surface area (Å²) < 4.78 is 12.8. The van der Waals surface area contributed by atoms with Gasteiger partial charge in [0.1, 0.15) is 5.82 Å². The second-order valence-corrected chi connectivity index (χ2v) is 6.61. The quantitative estimate of drug-likeness (QED) is 0.880. The van der Waals surface area contributed by atoms with E-state index in [1.165, 1.54) is 12.1 Å². The lowest BCUT2D eigenvalue weighted by atomic mass is 9.71. The van der Waals surface area contributed by atoms with Crippen LogP contribution in [0.3, 0.4) is 0 Å². The highest BCUT2D eigenvalue weighted by Gasteiger charge is 2.45. The number of aliphatic hydroxyl groups is 1. The minimum absolute atomic E-state index is 0.150. The molecule has 0 saturated carbocycles. The molecule has 0 aliphatic carbocycles. The molecule has 1 atom stereocenters. The molecule has 2 amide bonds. The number of halogens is 1. The Kier molecular flexibility index (Phi) is 4.23. The normalized spacial score (nSPS) is 24.7. The summed E-state index contributed by atoms with van der Waals surface area (Å²) in [6.07, 6.45) is 0.559. The first-order chi connectivity index (χ1) is 9.71. The summed E-state index contributed by atoms with van der Waals surface area (Å²) in [5.41, 5.74) is -0.257. The van der Waals surface area contributed by atoms with E-state index in [1.54, 1.807) is 17.0 Å². The van der Waals surface area contributed by atoms with Crippen LogP contribution in [0.2, 0.25) is 0 Å². The molecular weight excluding hydrogens is 271 g/mol. The highest BCUT2D eigenvalue weighted by Crippen LogP contribution is 2.38. The molecule has 116 valence electrons. The van der Waals surface area contributed by atoms with Crippen LogP contribution in [-0.2, 0) is 6.54 Å². The lowest BCUT2D eigenvalue weighted by Gasteiger charge is -2.48. The van der Waals surface area contributed by atoms with Crippen molar-refractivity contribution in [3.8, 4) is 0 Å². The zero-order valence-corrected chi connectivity index (χ0v) is 12.8. The van der Waals surface area contributed by atoms with E-state index in [1.807, 2.05) is 20.8 Å². The molecule has 1 heterocycles. The minimum Gasteiger partial charge on any atom is -0.389 e. The number of rotatable bonds is 2. The van der Waals surface area contributed by atoms with Crippen molar-refractivity contribution < 1.29 is 14.3 Å². The lowest BCUT2D eigenvalue weighted by molar-refractivity contribution is -0.0954. The number of likely N-dealkylation sites (tertiary alicyclic amines) is 1. The highest BCUT2D eigenvalue weighted by molar-refractivity contribution is 5.74. The molecule has 1 aliphatic rings. The molecule has 0 bridgehead atoms. The first-order valence-electron chi connectivity index (χ1n) is 7.21. The monoisotopic (exact) mass is 294 g/mol. The van der Waals surface area contributed by atoms with Crippen molar-refractivity contribution in [2.75, 3.05) is 13.1 Å². The Balaban J connectivity index is 1.91. The molecule has 1 aromatic rings. The molecule has 1 unspecified atom stereocenters. The molecule has 2 rings (SSSR count). The van der Waals surface area contributed by atoms with Crippen molar-refractivity contribution >= 4 is 6.03 Å². The van der Waals surface area contributed by atoms with Gasteiger partial charge in [-0.2, -0.15) is 0 Å². The zero-order valence-electron chi connectivity index (χ0n) is 12.8. The standard InChI is InChI=1S/C16H23FN2O2/c1-15(2)11-19(9-8-16(15,3)21)14(20)18-10-12-4-6-13(17)7-5-12/h4-7,21H,8-11H2,1-3H3,(H,18,20). The van der Waals surface area contributed by atoms with Crippen molar-refractivity contribution in [1.29, 1.82) is 0 Å². The topological polar surface area (TPSA) is 52.6 Å². The molecular formula is C16H23FN2O2. The number of piperidine rings is 1. The first kappa shape index (κ1) is 15.8. The molecule has 0 spiro atoms. The average Bonchev–Trinajstić information content (AvgIpc) is 2.41. The summed E-state index contributed by atoms with van der Waals surface area (Å²) in [6, 6.07) is 5.91. The Morgan fingerprint density at radius 2 is 1.95 bits per heavy atom. The fraction of sp³-hybridized carbons (Fsp3) is 0.562. The van der Waals surface area contributed by atoms with Crippen LogP contribution in [-0.4, -0.2) is 34.7 Å². The Bertz CT molecular complexity index is 512. The number of carbonyl (C=O) groups is 1. The third-order valence-electron chi connectivity index (χ3n) is 4.56. The van der Waals surface area contributed by atoms with Gasteiger partial charge in [-0.3, -0.25) is 0 Å². The summed E-state index contributed by atoms with van der Waals surface area (Å²) in [4.78, 5) is 13.9. The van der Waals surface area contributed by atoms with Gasteiger partial charge in [0.05, 0.1) is 5.60 Å². The molecule has 2 N–H and O–H groups in total. The summed E-state index contributed by atoms with van der Waals surface area (Å²) in [6.45, 7) is 7.16. The maximum absolute atomic E-state index is 12.8. The number of hydrogen-bond acceptors (Lipinski definition) is 2. The van der Waals surface area contributed by atoms with Crippen LogP contribution in [0.15, 0.2) is 24.3 Å². The van der Waals surface area contributed by atoms with Crippen LogP contribution in [0.4, 0.5) is 9.18 Å². The minimum atomic E-state index is -0.763. The van der Waals surface area contributed by atoms with E-state index in [2.05, 4.69) is 5.32 Å². The van der Waals surface area contributed by atoms with Gasteiger partial charge >= 0.3 is 6.03 Å². The summed E-state index contributed by atoms with van der Waals surface area (Å²) in [7, 11) is 0. The van der Waals surface area contributed by atoms with Crippen molar-refractivity contribution in [3.05, 3.63) is 35.6 Å². The molecule has 1 aliphatic heterocycles. The maximum Gasteiger partial charge on any atom is 0.317 e. The Labute approximate surface area is 125 Å². The largest absolute Gasteiger partial charge is 0.389 e. The summed E-state index contributed by atoms with van der Waals surface area (Å²) in [5, 5.41) is 13.2. The number of nitrogens with zero attached hydrogens (tertiary/aromatic N) is 1. The molecule has 1 aromatic carbocycles. The fourth-order valence-electron chi connectivity index (χ4n) is 2.48. The van der Waals surface area contributed by atoms with Crippen LogP contribution in [0, 0.1) is 11.2 Å². The number of hydrogen-bond donors (Lipinski definition) is 2. The average molecular weight is 294 g/mol. The fourth-order valence-corrected chi connectivity index (χ4v) is 2.48. The van der Waals surface area contributed by atoms with E-state index < -0.39 is 5.60 Å². The molecule has 5 heteroatoms. The molecule has 0 aromatic heterocycles. The van der Waals surface area contributed by atoms with Crippen molar-refractivity contribution in [1.82, 2.24) is 10.2 Å².